The summed E-state index contributed by atoms with van der Waals surface area (Å²) in [5.41, 5.74) is 0.976. The van der Waals surface area contributed by atoms with Gasteiger partial charge in [-0.1, -0.05) is 6.92 Å². The molecule has 0 saturated carbocycles. The van der Waals surface area contributed by atoms with Crippen LogP contribution < -0.4 is 10.0 Å². The normalized spacial score (nSPS) is 12.5. The number of sulfonamides is 1. The molecular weight excluding hydrogens is 330 g/mol. The molecule has 2 N–H and O–H groups in total. The zero-order chi connectivity index (χ0) is 16.2. The van der Waals surface area contributed by atoms with Gasteiger partial charge in [-0.15, -0.1) is 12.4 Å². The maximum Gasteiger partial charge on any atom is 0.289 e. The van der Waals surface area contributed by atoms with E-state index in [1.165, 1.54) is 12.1 Å². The van der Waals surface area contributed by atoms with Crippen molar-refractivity contribution >= 4 is 28.1 Å². The Hall–Kier alpha value is -1.22. The number of benzene rings is 1. The number of nitro groups is 1. The molecule has 0 bridgehead atoms. The lowest BCUT2D eigenvalue weighted by atomic mass is 10.1. The summed E-state index contributed by atoms with van der Waals surface area (Å²) in [7, 11) is -3.92. The van der Waals surface area contributed by atoms with Crippen molar-refractivity contribution in [3.8, 4) is 0 Å². The van der Waals surface area contributed by atoms with Crippen LogP contribution in [0.25, 0.3) is 0 Å². The SMILES string of the molecule is CCN[C@H](C)CNS(=O)(=O)c1cc(C)c(C)cc1[N+](=O)[O-].Cl. The fraction of sp³-hybridized carbons (Fsp3) is 0.538. The van der Waals surface area contributed by atoms with Crippen LogP contribution in [0.3, 0.4) is 0 Å². The Morgan fingerprint density at radius 2 is 1.82 bits per heavy atom. The van der Waals surface area contributed by atoms with E-state index in [2.05, 4.69) is 10.0 Å². The molecule has 0 saturated heterocycles. The molecule has 1 aromatic rings. The van der Waals surface area contributed by atoms with Gasteiger partial charge < -0.3 is 5.32 Å². The summed E-state index contributed by atoms with van der Waals surface area (Å²) in [6, 6.07) is 2.57. The van der Waals surface area contributed by atoms with Gasteiger partial charge in [0, 0.05) is 18.7 Å². The van der Waals surface area contributed by atoms with E-state index in [4.69, 9.17) is 0 Å². The summed E-state index contributed by atoms with van der Waals surface area (Å²) in [5.74, 6) is 0. The first-order valence-corrected chi connectivity index (χ1v) is 8.16. The van der Waals surface area contributed by atoms with Crippen LogP contribution in [0, 0.1) is 24.0 Å². The van der Waals surface area contributed by atoms with Crippen LogP contribution in [-0.2, 0) is 10.0 Å². The largest absolute Gasteiger partial charge is 0.313 e. The van der Waals surface area contributed by atoms with Crippen molar-refractivity contribution in [2.24, 2.45) is 0 Å². The Labute approximate surface area is 137 Å². The molecular formula is C13H22ClN3O4S. The number of nitrogens with zero attached hydrogens (tertiary/aromatic N) is 1. The van der Waals surface area contributed by atoms with Gasteiger partial charge in [-0.2, -0.15) is 0 Å². The van der Waals surface area contributed by atoms with Crippen molar-refractivity contribution in [2.75, 3.05) is 13.1 Å². The summed E-state index contributed by atoms with van der Waals surface area (Å²) >= 11 is 0. The number of hydrogen-bond donors (Lipinski definition) is 2. The highest BCUT2D eigenvalue weighted by molar-refractivity contribution is 7.89. The molecule has 22 heavy (non-hydrogen) atoms. The third-order valence-electron chi connectivity index (χ3n) is 3.19. The molecule has 0 spiro atoms. The van der Waals surface area contributed by atoms with E-state index in [1.807, 2.05) is 13.8 Å². The molecule has 1 atom stereocenters. The van der Waals surface area contributed by atoms with Gasteiger partial charge in [-0.25, -0.2) is 13.1 Å². The van der Waals surface area contributed by atoms with Crippen LogP contribution in [0.15, 0.2) is 17.0 Å². The van der Waals surface area contributed by atoms with Crippen LogP contribution in [0.5, 0.6) is 0 Å². The van der Waals surface area contributed by atoms with Crippen LogP contribution in [0.2, 0.25) is 0 Å². The molecule has 0 radical (unpaired) electrons. The van der Waals surface area contributed by atoms with Gasteiger partial charge in [0.2, 0.25) is 10.0 Å². The highest BCUT2D eigenvalue weighted by Gasteiger charge is 2.26. The Morgan fingerprint density at radius 3 is 2.32 bits per heavy atom. The van der Waals surface area contributed by atoms with Crippen LogP contribution in [0.4, 0.5) is 5.69 Å². The summed E-state index contributed by atoms with van der Waals surface area (Å²) in [5, 5.41) is 14.1. The first kappa shape index (κ1) is 20.8. The topological polar surface area (TPSA) is 101 Å². The van der Waals surface area contributed by atoms with Crippen LogP contribution in [0.1, 0.15) is 25.0 Å². The van der Waals surface area contributed by atoms with Crippen molar-refractivity contribution < 1.29 is 13.3 Å². The van der Waals surface area contributed by atoms with Gasteiger partial charge in [0.05, 0.1) is 4.92 Å². The first-order valence-electron chi connectivity index (χ1n) is 6.67. The third kappa shape index (κ3) is 5.20. The zero-order valence-electron chi connectivity index (χ0n) is 13.0. The summed E-state index contributed by atoms with van der Waals surface area (Å²) in [6.07, 6.45) is 0. The predicted octanol–water partition coefficient (Wildman–Crippen LogP) is 1.91. The number of halogens is 1. The van der Waals surface area contributed by atoms with E-state index in [1.54, 1.807) is 13.8 Å². The second kappa shape index (κ2) is 8.42. The molecule has 7 nitrogen and oxygen atoms in total. The van der Waals surface area contributed by atoms with E-state index >= 15 is 0 Å². The monoisotopic (exact) mass is 351 g/mol. The number of nitrogens with one attached hydrogen (secondary N) is 2. The van der Waals surface area contributed by atoms with Gasteiger partial charge in [0.25, 0.3) is 5.69 Å². The molecule has 0 amide bonds. The Morgan fingerprint density at radius 1 is 1.27 bits per heavy atom. The second-order valence-electron chi connectivity index (χ2n) is 4.97. The molecule has 9 heteroatoms. The van der Waals surface area contributed by atoms with Crippen molar-refractivity contribution in [3.63, 3.8) is 0 Å². The Kier molecular flexibility index (Phi) is 7.96. The van der Waals surface area contributed by atoms with E-state index in [9.17, 15) is 18.5 Å². The zero-order valence-corrected chi connectivity index (χ0v) is 14.7. The number of aryl methyl sites for hydroxylation is 2. The minimum Gasteiger partial charge on any atom is -0.313 e. The fourth-order valence-electron chi connectivity index (χ4n) is 1.87. The van der Waals surface area contributed by atoms with Crippen molar-refractivity contribution in [2.45, 2.75) is 38.6 Å². The van der Waals surface area contributed by atoms with Crippen LogP contribution >= 0.6 is 12.4 Å². The predicted molar refractivity (Wildman–Crippen MR) is 88.1 cm³/mol. The van der Waals surface area contributed by atoms with Gasteiger partial charge in [-0.3, -0.25) is 10.1 Å². The lowest BCUT2D eigenvalue weighted by Crippen LogP contribution is -2.38. The maximum absolute atomic E-state index is 12.3. The summed E-state index contributed by atoms with van der Waals surface area (Å²) < 4.78 is 27.0. The summed E-state index contributed by atoms with van der Waals surface area (Å²) in [6.45, 7) is 8.06. The van der Waals surface area contributed by atoms with E-state index < -0.39 is 20.6 Å². The molecule has 1 rings (SSSR count). The van der Waals surface area contributed by atoms with E-state index in [-0.39, 0.29) is 29.9 Å². The molecule has 0 fully saturated rings. The average Bonchev–Trinajstić information content (AvgIpc) is 2.39. The number of rotatable bonds is 7. The molecule has 0 aliphatic rings. The molecule has 0 aliphatic carbocycles. The van der Waals surface area contributed by atoms with Crippen molar-refractivity contribution in [1.82, 2.24) is 10.0 Å². The van der Waals surface area contributed by atoms with Crippen molar-refractivity contribution in [3.05, 3.63) is 33.4 Å². The maximum atomic E-state index is 12.3. The van der Waals surface area contributed by atoms with Gasteiger partial charge in [-0.05, 0) is 44.5 Å². The minimum atomic E-state index is -3.92. The average molecular weight is 352 g/mol. The van der Waals surface area contributed by atoms with Crippen molar-refractivity contribution in [1.29, 1.82) is 0 Å². The molecule has 0 aliphatic heterocycles. The number of likely N-dealkylation sites (N-methyl/N-ethyl adjacent to an activating group) is 1. The third-order valence-corrected chi connectivity index (χ3v) is 4.65. The lowest BCUT2D eigenvalue weighted by molar-refractivity contribution is -0.387. The first-order chi connectivity index (χ1) is 9.69. The highest BCUT2D eigenvalue weighted by Crippen LogP contribution is 2.27. The van der Waals surface area contributed by atoms with Crippen LogP contribution in [-0.4, -0.2) is 32.5 Å². The number of hydrogen-bond acceptors (Lipinski definition) is 5. The Bertz CT molecular complexity index is 634. The quantitative estimate of drug-likeness (QED) is 0.577. The van der Waals surface area contributed by atoms with E-state index in [0.717, 1.165) is 0 Å². The van der Waals surface area contributed by atoms with Gasteiger partial charge in [0.1, 0.15) is 0 Å². The standard InChI is InChI=1S/C13H21N3O4S.ClH/c1-5-14-11(4)8-15-21(19,20)13-7-10(3)9(2)6-12(13)16(17)18;/h6-7,11,14-15H,5,8H2,1-4H3;1H/t11-;/m1./s1. The lowest BCUT2D eigenvalue weighted by Gasteiger charge is -2.14. The highest BCUT2D eigenvalue weighted by atomic mass is 35.5. The smallest absolute Gasteiger partial charge is 0.289 e. The number of nitro benzene ring substituents is 1. The molecule has 1 aromatic carbocycles. The Balaban J connectivity index is 0.00000441. The van der Waals surface area contributed by atoms with Gasteiger partial charge >= 0.3 is 0 Å². The van der Waals surface area contributed by atoms with Gasteiger partial charge in [0.15, 0.2) is 4.90 Å². The molecule has 0 aromatic heterocycles. The minimum absolute atomic E-state index is 0. The second-order valence-corrected chi connectivity index (χ2v) is 6.71. The van der Waals surface area contributed by atoms with E-state index in [0.29, 0.717) is 17.7 Å². The molecule has 0 unspecified atom stereocenters. The molecule has 0 heterocycles. The molecule has 126 valence electrons. The summed E-state index contributed by atoms with van der Waals surface area (Å²) in [4.78, 5) is 10.1. The fourth-order valence-corrected chi connectivity index (χ4v) is 3.23.